The van der Waals surface area contributed by atoms with E-state index in [1.54, 1.807) is 24.3 Å². The van der Waals surface area contributed by atoms with Crippen LogP contribution in [0.15, 0.2) is 53.4 Å². The molecule has 0 saturated carbocycles. The molecule has 1 N–H and O–H groups in total. The molecule has 2 rings (SSSR count). The van der Waals surface area contributed by atoms with Gasteiger partial charge in [0, 0.05) is 6.54 Å². The van der Waals surface area contributed by atoms with Crippen LogP contribution in [0, 0.1) is 0 Å². The van der Waals surface area contributed by atoms with Crippen LogP contribution in [0.3, 0.4) is 0 Å². The monoisotopic (exact) mass is 345 g/mol. The third-order valence-electron chi connectivity index (χ3n) is 3.09. The molecule has 0 saturated heterocycles. The van der Waals surface area contributed by atoms with Crippen molar-refractivity contribution in [1.82, 2.24) is 4.72 Å². The highest BCUT2D eigenvalue weighted by molar-refractivity contribution is 7.89. The normalized spacial score (nSPS) is 12.2. The molecule has 4 nitrogen and oxygen atoms in total. The molecule has 0 spiro atoms. The van der Waals surface area contributed by atoms with Gasteiger partial charge in [0.25, 0.3) is 0 Å². The fourth-order valence-corrected chi connectivity index (χ4v) is 2.88. The molecule has 0 atom stereocenters. The Morgan fingerprint density at radius 2 is 1.74 bits per heavy atom. The molecular formula is C15H14F3NO3S. The predicted octanol–water partition coefficient (Wildman–Crippen LogP) is 3.19. The van der Waals surface area contributed by atoms with E-state index in [4.69, 9.17) is 4.74 Å². The second-order valence-corrected chi connectivity index (χ2v) is 6.47. The Kier molecular flexibility index (Phi) is 4.96. The summed E-state index contributed by atoms with van der Waals surface area (Å²) in [5.41, 5.74) is -0.232. The summed E-state index contributed by atoms with van der Waals surface area (Å²) in [5, 5.41) is 0. The van der Waals surface area contributed by atoms with Crippen molar-refractivity contribution < 1.29 is 26.3 Å². The Morgan fingerprint density at radius 3 is 2.30 bits per heavy atom. The molecule has 0 aliphatic carbocycles. The van der Waals surface area contributed by atoms with Crippen molar-refractivity contribution in [3.63, 3.8) is 0 Å². The fraction of sp³-hybridized carbons (Fsp3) is 0.200. The Balaban J connectivity index is 2.12. The number of sulfonamides is 1. The molecule has 23 heavy (non-hydrogen) atoms. The van der Waals surface area contributed by atoms with Gasteiger partial charge in [-0.2, -0.15) is 13.2 Å². The van der Waals surface area contributed by atoms with Gasteiger partial charge in [-0.3, -0.25) is 0 Å². The molecule has 0 unspecified atom stereocenters. The van der Waals surface area contributed by atoms with Crippen molar-refractivity contribution >= 4 is 10.0 Å². The molecule has 0 aliphatic heterocycles. The minimum absolute atomic E-state index is 0.000551. The molecule has 0 radical (unpaired) electrons. The first kappa shape index (κ1) is 17.3. The van der Waals surface area contributed by atoms with Gasteiger partial charge in [-0.05, 0) is 42.0 Å². The van der Waals surface area contributed by atoms with Crippen LogP contribution in [0.4, 0.5) is 13.2 Å². The molecule has 8 heteroatoms. The highest BCUT2D eigenvalue weighted by Gasteiger charge is 2.30. The number of hydrogen-bond acceptors (Lipinski definition) is 3. The molecule has 0 amide bonds. The number of ether oxygens (including phenoxy) is 1. The summed E-state index contributed by atoms with van der Waals surface area (Å²) in [6.07, 6.45) is -4.50. The third kappa shape index (κ3) is 4.46. The Hall–Kier alpha value is -2.06. The van der Waals surface area contributed by atoms with E-state index in [2.05, 4.69) is 4.72 Å². The van der Waals surface area contributed by atoms with E-state index in [9.17, 15) is 21.6 Å². The van der Waals surface area contributed by atoms with Crippen molar-refractivity contribution in [2.45, 2.75) is 17.6 Å². The zero-order valence-corrected chi connectivity index (χ0v) is 12.9. The van der Waals surface area contributed by atoms with Gasteiger partial charge in [0.2, 0.25) is 10.0 Å². The van der Waals surface area contributed by atoms with Gasteiger partial charge in [-0.15, -0.1) is 0 Å². The maximum absolute atomic E-state index is 12.5. The maximum atomic E-state index is 12.5. The molecular weight excluding hydrogens is 331 g/mol. The van der Waals surface area contributed by atoms with Crippen LogP contribution < -0.4 is 9.46 Å². The minimum atomic E-state index is -4.50. The van der Waals surface area contributed by atoms with E-state index in [-0.39, 0.29) is 11.4 Å². The second-order valence-electron chi connectivity index (χ2n) is 4.70. The summed E-state index contributed by atoms with van der Waals surface area (Å²) in [7, 11) is -2.41. The van der Waals surface area contributed by atoms with Gasteiger partial charge in [0.15, 0.2) is 0 Å². The summed E-state index contributed by atoms with van der Waals surface area (Å²) >= 11 is 0. The number of methoxy groups -OCH3 is 1. The minimum Gasteiger partial charge on any atom is -0.497 e. The van der Waals surface area contributed by atoms with Crippen molar-refractivity contribution in [1.29, 1.82) is 0 Å². The average molecular weight is 345 g/mol. The van der Waals surface area contributed by atoms with Crippen molar-refractivity contribution in [2.24, 2.45) is 0 Å². The van der Waals surface area contributed by atoms with Crippen LogP contribution in [-0.4, -0.2) is 15.5 Å². The molecule has 2 aromatic rings. The number of benzene rings is 2. The average Bonchev–Trinajstić information content (AvgIpc) is 2.52. The third-order valence-corrected chi connectivity index (χ3v) is 4.51. The lowest BCUT2D eigenvalue weighted by atomic mass is 10.2. The van der Waals surface area contributed by atoms with Crippen LogP contribution in [0.2, 0.25) is 0 Å². The largest absolute Gasteiger partial charge is 0.497 e. The first-order chi connectivity index (χ1) is 10.7. The Morgan fingerprint density at radius 1 is 1.09 bits per heavy atom. The van der Waals surface area contributed by atoms with Crippen LogP contribution in [0.5, 0.6) is 5.75 Å². The standard InChI is InChI=1S/C15H14F3NO3S/c1-22-13-4-2-3-11(9-13)10-19-23(20,21)14-7-5-12(6-8-14)15(16,17)18/h2-9,19H,10H2,1H3. The molecule has 0 aliphatic rings. The van der Waals surface area contributed by atoms with E-state index in [1.807, 2.05) is 0 Å². The summed E-state index contributed by atoms with van der Waals surface area (Å²) in [4.78, 5) is -0.228. The quantitative estimate of drug-likeness (QED) is 0.905. The van der Waals surface area contributed by atoms with Gasteiger partial charge in [0.1, 0.15) is 5.75 Å². The fourth-order valence-electron chi connectivity index (χ4n) is 1.87. The number of hydrogen-bond donors (Lipinski definition) is 1. The van der Waals surface area contributed by atoms with E-state index in [0.29, 0.717) is 11.3 Å². The highest BCUT2D eigenvalue weighted by Crippen LogP contribution is 2.29. The predicted molar refractivity (Wildman–Crippen MR) is 78.5 cm³/mol. The summed E-state index contributed by atoms with van der Waals surface area (Å²) in [6.45, 7) is 0.000551. The van der Waals surface area contributed by atoms with Crippen LogP contribution in [0.25, 0.3) is 0 Å². The van der Waals surface area contributed by atoms with Gasteiger partial charge < -0.3 is 4.74 Å². The van der Waals surface area contributed by atoms with Gasteiger partial charge in [0.05, 0.1) is 17.6 Å². The Bertz CT molecular complexity index is 771. The lowest BCUT2D eigenvalue weighted by Gasteiger charge is -2.10. The number of halogens is 3. The molecule has 0 bridgehead atoms. The molecule has 0 heterocycles. The van der Waals surface area contributed by atoms with E-state index < -0.39 is 21.8 Å². The molecule has 0 fully saturated rings. The van der Waals surface area contributed by atoms with Crippen LogP contribution >= 0.6 is 0 Å². The van der Waals surface area contributed by atoms with E-state index in [0.717, 1.165) is 24.3 Å². The van der Waals surface area contributed by atoms with E-state index >= 15 is 0 Å². The van der Waals surface area contributed by atoms with Crippen molar-refractivity contribution in [3.8, 4) is 5.75 Å². The first-order valence-corrected chi connectivity index (χ1v) is 8.00. The first-order valence-electron chi connectivity index (χ1n) is 6.52. The molecule has 0 aromatic heterocycles. The van der Waals surface area contributed by atoms with Crippen molar-refractivity contribution in [3.05, 3.63) is 59.7 Å². The van der Waals surface area contributed by atoms with Crippen LogP contribution in [0.1, 0.15) is 11.1 Å². The van der Waals surface area contributed by atoms with Crippen molar-refractivity contribution in [2.75, 3.05) is 7.11 Å². The topological polar surface area (TPSA) is 55.4 Å². The zero-order chi connectivity index (χ0) is 17.1. The lowest BCUT2D eigenvalue weighted by molar-refractivity contribution is -0.137. The zero-order valence-electron chi connectivity index (χ0n) is 12.1. The Labute approximate surface area is 132 Å². The van der Waals surface area contributed by atoms with Gasteiger partial charge in [-0.25, -0.2) is 13.1 Å². The lowest BCUT2D eigenvalue weighted by Crippen LogP contribution is -2.23. The summed E-state index contributed by atoms with van der Waals surface area (Å²) in [5.74, 6) is 0.580. The maximum Gasteiger partial charge on any atom is 0.416 e. The number of nitrogens with one attached hydrogen (secondary N) is 1. The van der Waals surface area contributed by atoms with Gasteiger partial charge >= 0.3 is 6.18 Å². The molecule has 124 valence electrons. The second kappa shape index (κ2) is 6.59. The number of rotatable bonds is 5. The highest BCUT2D eigenvalue weighted by atomic mass is 32.2. The van der Waals surface area contributed by atoms with Gasteiger partial charge in [-0.1, -0.05) is 12.1 Å². The summed E-state index contributed by atoms with van der Waals surface area (Å²) < 4.78 is 69.0. The molecule has 2 aromatic carbocycles. The van der Waals surface area contributed by atoms with Crippen LogP contribution in [-0.2, 0) is 22.7 Å². The summed E-state index contributed by atoms with van der Waals surface area (Å²) in [6, 6.07) is 10.1. The number of alkyl halides is 3. The smallest absolute Gasteiger partial charge is 0.416 e. The SMILES string of the molecule is COc1cccc(CNS(=O)(=O)c2ccc(C(F)(F)F)cc2)c1. The van der Waals surface area contributed by atoms with E-state index in [1.165, 1.54) is 7.11 Å².